The molecule has 1 aromatic carbocycles. The summed E-state index contributed by atoms with van der Waals surface area (Å²) >= 11 is 0. The minimum absolute atomic E-state index is 0.123. The predicted molar refractivity (Wildman–Crippen MR) is 129 cm³/mol. The van der Waals surface area contributed by atoms with Crippen LogP contribution < -0.4 is 15.2 Å². The molecule has 1 aliphatic heterocycles. The van der Waals surface area contributed by atoms with Gasteiger partial charge in [0.05, 0.1) is 31.3 Å². The molecule has 0 unspecified atom stereocenters. The SMILES string of the molecule is COc1cc(C#Cc2nn([C@H]3CCN(C(=O)O)C3)c3c(F)c(C(C)(C)C)nc(N)c23)cc(OC)c1. The fourth-order valence-electron chi connectivity index (χ4n) is 4.20. The van der Waals surface area contributed by atoms with Crippen LogP contribution >= 0.6 is 0 Å². The van der Waals surface area contributed by atoms with Crippen molar-refractivity contribution in [2.45, 2.75) is 38.6 Å². The average molecular weight is 482 g/mol. The normalized spacial score (nSPS) is 15.7. The summed E-state index contributed by atoms with van der Waals surface area (Å²) in [5, 5.41) is 14.3. The Morgan fingerprint density at radius 2 is 1.86 bits per heavy atom. The molecule has 0 bridgehead atoms. The quantitative estimate of drug-likeness (QED) is 0.547. The van der Waals surface area contributed by atoms with Crippen molar-refractivity contribution in [1.29, 1.82) is 0 Å². The molecule has 0 aliphatic carbocycles. The third kappa shape index (κ3) is 4.54. The molecule has 1 saturated heterocycles. The number of nitrogens with zero attached hydrogens (tertiary/aromatic N) is 4. The summed E-state index contributed by atoms with van der Waals surface area (Å²) in [6, 6.07) is 4.87. The van der Waals surface area contributed by atoms with Gasteiger partial charge < -0.3 is 25.2 Å². The summed E-state index contributed by atoms with van der Waals surface area (Å²) in [6.45, 7) is 6.08. The van der Waals surface area contributed by atoms with Crippen molar-refractivity contribution in [3.05, 3.63) is 41.0 Å². The molecule has 0 radical (unpaired) electrons. The van der Waals surface area contributed by atoms with Crippen molar-refractivity contribution in [3.63, 3.8) is 0 Å². The van der Waals surface area contributed by atoms with Gasteiger partial charge in [0, 0.05) is 30.1 Å². The minimum Gasteiger partial charge on any atom is -0.497 e. The van der Waals surface area contributed by atoms with Crippen LogP contribution in [0.3, 0.4) is 0 Å². The maximum absolute atomic E-state index is 15.9. The van der Waals surface area contributed by atoms with Gasteiger partial charge in [0.1, 0.15) is 28.5 Å². The molecular weight excluding hydrogens is 453 g/mol. The van der Waals surface area contributed by atoms with Gasteiger partial charge >= 0.3 is 6.09 Å². The van der Waals surface area contributed by atoms with Crippen molar-refractivity contribution in [2.75, 3.05) is 33.0 Å². The molecule has 3 heterocycles. The zero-order valence-corrected chi connectivity index (χ0v) is 20.3. The number of nitrogen functional groups attached to an aromatic ring is 1. The van der Waals surface area contributed by atoms with Crippen LogP contribution in [0.1, 0.15) is 50.2 Å². The molecule has 1 atom stereocenters. The Labute approximate surface area is 202 Å². The highest BCUT2D eigenvalue weighted by molar-refractivity contribution is 5.94. The van der Waals surface area contributed by atoms with E-state index in [0.29, 0.717) is 35.4 Å². The number of nitrogens with two attached hydrogens (primary N) is 1. The number of hydrogen-bond acceptors (Lipinski definition) is 6. The Kier molecular flexibility index (Phi) is 6.19. The first-order valence-corrected chi connectivity index (χ1v) is 11.1. The Morgan fingerprint density at radius 1 is 1.20 bits per heavy atom. The molecule has 4 rings (SSSR count). The monoisotopic (exact) mass is 481 g/mol. The molecule has 1 aliphatic rings. The number of carboxylic acid groups (broad SMARTS) is 1. The van der Waals surface area contributed by atoms with E-state index in [9.17, 15) is 9.90 Å². The number of aromatic nitrogens is 3. The van der Waals surface area contributed by atoms with Crippen LogP contribution in [0, 0.1) is 17.7 Å². The first-order valence-electron chi connectivity index (χ1n) is 11.1. The van der Waals surface area contributed by atoms with Crippen molar-refractivity contribution in [1.82, 2.24) is 19.7 Å². The lowest BCUT2D eigenvalue weighted by atomic mass is 9.90. The lowest BCUT2D eigenvalue weighted by Gasteiger charge is -2.20. The molecule has 0 saturated carbocycles. The number of ether oxygens (including phenoxy) is 2. The van der Waals surface area contributed by atoms with Crippen LogP contribution in [0.4, 0.5) is 15.0 Å². The number of rotatable bonds is 3. The van der Waals surface area contributed by atoms with Crippen molar-refractivity contribution >= 4 is 22.8 Å². The Bertz CT molecular complexity index is 1340. The van der Waals surface area contributed by atoms with E-state index in [1.807, 2.05) is 20.8 Å². The third-order valence-corrected chi connectivity index (χ3v) is 5.98. The zero-order valence-electron chi connectivity index (χ0n) is 20.3. The van der Waals surface area contributed by atoms with E-state index in [-0.39, 0.29) is 35.3 Å². The Morgan fingerprint density at radius 3 is 2.40 bits per heavy atom. The van der Waals surface area contributed by atoms with Gasteiger partial charge in [0.25, 0.3) is 0 Å². The van der Waals surface area contributed by atoms with Gasteiger partial charge in [0.15, 0.2) is 5.82 Å². The van der Waals surface area contributed by atoms with Crippen LogP contribution in [-0.4, -0.2) is 58.2 Å². The molecule has 1 amide bonds. The number of hydrogen-bond donors (Lipinski definition) is 2. The average Bonchev–Trinajstić information content (AvgIpc) is 3.44. The second-order valence-corrected chi connectivity index (χ2v) is 9.45. The fraction of sp³-hybridized carbons (Fsp3) is 0.400. The summed E-state index contributed by atoms with van der Waals surface area (Å²) in [5.41, 5.74) is 7.00. The molecular formula is C25H28FN5O4. The van der Waals surface area contributed by atoms with Gasteiger partial charge in [-0.15, -0.1) is 0 Å². The topological polar surface area (TPSA) is 116 Å². The van der Waals surface area contributed by atoms with E-state index in [0.717, 1.165) is 0 Å². The van der Waals surface area contributed by atoms with E-state index in [1.54, 1.807) is 32.4 Å². The molecule has 3 N–H and O–H groups in total. The number of fused-ring (bicyclic) bond motifs is 1. The zero-order chi connectivity index (χ0) is 25.5. The second-order valence-electron chi connectivity index (χ2n) is 9.45. The highest BCUT2D eigenvalue weighted by Gasteiger charge is 2.33. The molecule has 10 heteroatoms. The first kappa shape index (κ1) is 24.1. The molecule has 9 nitrogen and oxygen atoms in total. The van der Waals surface area contributed by atoms with Crippen LogP contribution in [0.5, 0.6) is 11.5 Å². The van der Waals surface area contributed by atoms with Crippen molar-refractivity contribution < 1.29 is 23.8 Å². The van der Waals surface area contributed by atoms with Gasteiger partial charge in [-0.1, -0.05) is 26.7 Å². The summed E-state index contributed by atoms with van der Waals surface area (Å²) < 4.78 is 28.0. The van der Waals surface area contributed by atoms with Crippen molar-refractivity contribution in [2.24, 2.45) is 0 Å². The van der Waals surface area contributed by atoms with Gasteiger partial charge in [-0.05, 0) is 24.5 Å². The van der Waals surface area contributed by atoms with E-state index >= 15 is 4.39 Å². The number of amides is 1. The standard InChI is InChI=1S/C25H28FN5O4/c1-25(2,3)22-20(26)21-19(23(27)28-22)18(29-31(21)15-8-9-30(13-15)24(32)33)7-6-14-10-16(34-4)12-17(11-14)35-5/h10-12,15H,8-9,13H2,1-5H3,(H2,27,28)(H,32,33)/t15-/m0/s1. The molecule has 1 fully saturated rings. The van der Waals surface area contributed by atoms with Crippen LogP contribution in [0.2, 0.25) is 0 Å². The lowest BCUT2D eigenvalue weighted by molar-refractivity contribution is 0.154. The number of benzene rings is 1. The molecule has 184 valence electrons. The summed E-state index contributed by atoms with van der Waals surface area (Å²) in [5.74, 6) is 6.77. The van der Waals surface area contributed by atoms with Crippen LogP contribution in [-0.2, 0) is 5.41 Å². The smallest absolute Gasteiger partial charge is 0.407 e. The second kappa shape index (κ2) is 8.98. The molecule has 3 aromatic rings. The number of halogens is 1. The number of anilines is 1. The Balaban J connectivity index is 1.91. The molecule has 0 spiro atoms. The number of methoxy groups -OCH3 is 2. The summed E-state index contributed by atoms with van der Waals surface area (Å²) in [7, 11) is 3.09. The Hall–Kier alpha value is -4.00. The highest BCUT2D eigenvalue weighted by Crippen LogP contribution is 2.36. The van der Waals surface area contributed by atoms with Gasteiger partial charge in [-0.25, -0.2) is 14.2 Å². The highest BCUT2D eigenvalue weighted by atomic mass is 19.1. The molecule has 2 aromatic heterocycles. The first-order chi connectivity index (χ1) is 16.5. The summed E-state index contributed by atoms with van der Waals surface area (Å²) in [6.07, 6.45) is -0.525. The van der Waals surface area contributed by atoms with Gasteiger partial charge in [0.2, 0.25) is 0 Å². The minimum atomic E-state index is -1.02. The number of carbonyl (C=O) groups is 1. The van der Waals surface area contributed by atoms with Gasteiger partial charge in [-0.2, -0.15) is 5.10 Å². The number of pyridine rings is 1. The number of likely N-dealkylation sites (tertiary alicyclic amines) is 1. The lowest BCUT2D eigenvalue weighted by Crippen LogP contribution is -2.27. The molecule has 35 heavy (non-hydrogen) atoms. The maximum atomic E-state index is 15.9. The van der Waals surface area contributed by atoms with Crippen LogP contribution in [0.15, 0.2) is 18.2 Å². The maximum Gasteiger partial charge on any atom is 0.407 e. The largest absolute Gasteiger partial charge is 0.497 e. The van der Waals surface area contributed by atoms with E-state index in [2.05, 4.69) is 21.9 Å². The van der Waals surface area contributed by atoms with Gasteiger partial charge in [-0.3, -0.25) is 4.68 Å². The third-order valence-electron chi connectivity index (χ3n) is 5.98. The predicted octanol–water partition coefficient (Wildman–Crippen LogP) is 3.79. The van der Waals surface area contributed by atoms with Crippen LogP contribution in [0.25, 0.3) is 10.9 Å². The van der Waals surface area contributed by atoms with E-state index in [4.69, 9.17) is 15.2 Å². The van der Waals surface area contributed by atoms with E-state index < -0.39 is 17.3 Å². The fourth-order valence-corrected chi connectivity index (χ4v) is 4.20. The van der Waals surface area contributed by atoms with E-state index in [1.165, 1.54) is 9.58 Å². The van der Waals surface area contributed by atoms with Crippen molar-refractivity contribution in [3.8, 4) is 23.3 Å². The summed E-state index contributed by atoms with van der Waals surface area (Å²) in [4.78, 5) is 17.1.